The molecule has 0 fully saturated rings. The Bertz CT molecular complexity index is 570. The Labute approximate surface area is 111 Å². The van der Waals surface area contributed by atoms with E-state index in [1.807, 2.05) is 6.07 Å². The average Bonchev–Trinajstić information content (AvgIpc) is 2.39. The second kappa shape index (κ2) is 5.80. The van der Waals surface area contributed by atoms with E-state index in [1.165, 1.54) is 18.2 Å². The van der Waals surface area contributed by atoms with Crippen LogP contribution in [0, 0.1) is 11.6 Å². The van der Waals surface area contributed by atoms with Crippen molar-refractivity contribution < 1.29 is 8.78 Å². The van der Waals surface area contributed by atoms with Gasteiger partial charge in [-0.05, 0) is 36.9 Å². The van der Waals surface area contributed by atoms with Crippen molar-refractivity contribution in [1.29, 1.82) is 0 Å². The molecule has 0 radical (unpaired) electrons. The van der Waals surface area contributed by atoms with E-state index < -0.39 is 0 Å². The molecule has 0 atom stereocenters. The van der Waals surface area contributed by atoms with E-state index in [1.54, 1.807) is 37.2 Å². The zero-order valence-corrected chi connectivity index (χ0v) is 11.0. The summed E-state index contributed by atoms with van der Waals surface area (Å²) in [6, 6.07) is 11.0. The molecule has 0 bridgehead atoms. The maximum absolute atomic E-state index is 14.0. The van der Waals surface area contributed by atoms with E-state index in [4.69, 9.17) is 0 Å². The van der Waals surface area contributed by atoms with Crippen LogP contribution >= 0.6 is 0 Å². The van der Waals surface area contributed by atoms with Crippen molar-refractivity contribution in [2.45, 2.75) is 6.54 Å². The van der Waals surface area contributed by atoms with Gasteiger partial charge in [0.15, 0.2) is 0 Å². The van der Waals surface area contributed by atoms with Gasteiger partial charge in [0, 0.05) is 19.3 Å². The lowest BCUT2D eigenvalue weighted by Gasteiger charge is -2.23. The van der Waals surface area contributed by atoms with Gasteiger partial charge in [-0.3, -0.25) is 0 Å². The molecule has 19 heavy (non-hydrogen) atoms. The van der Waals surface area contributed by atoms with E-state index in [-0.39, 0.29) is 11.6 Å². The van der Waals surface area contributed by atoms with Gasteiger partial charge in [0.1, 0.15) is 11.6 Å². The quantitative estimate of drug-likeness (QED) is 0.907. The van der Waals surface area contributed by atoms with Crippen molar-refractivity contribution in [2.24, 2.45) is 0 Å². The summed E-state index contributed by atoms with van der Waals surface area (Å²) in [6.45, 7) is 0.548. The monoisotopic (exact) mass is 262 g/mol. The number of para-hydroxylation sites is 1. The molecule has 0 aliphatic rings. The maximum Gasteiger partial charge on any atom is 0.147 e. The minimum absolute atomic E-state index is 0.320. The van der Waals surface area contributed by atoms with Crippen molar-refractivity contribution in [2.75, 3.05) is 19.0 Å². The third-order valence-electron chi connectivity index (χ3n) is 2.97. The van der Waals surface area contributed by atoms with Crippen LogP contribution in [0.3, 0.4) is 0 Å². The first kappa shape index (κ1) is 13.5. The SMILES string of the molecule is CNCc1cccc(F)c1N(C)c1cccc(F)c1. The Morgan fingerprint density at radius 3 is 2.53 bits per heavy atom. The van der Waals surface area contributed by atoms with Crippen molar-refractivity contribution in [3.63, 3.8) is 0 Å². The van der Waals surface area contributed by atoms with Gasteiger partial charge in [-0.25, -0.2) is 8.78 Å². The summed E-state index contributed by atoms with van der Waals surface area (Å²) in [7, 11) is 3.53. The van der Waals surface area contributed by atoms with Gasteiger partial charge in [-0.2, -0.15) is 0 Å². The van der Waals surface area contributed by atoms with Crippen LogP contribution in [0.25, 0.3) is 0 Å². The fourth-order valence-corrected chi connectivity index (χ4v) is 2.08. The van der Waals surface area contributed by atoms with Crippen molar-refractivity contribution in [3.05, 3.63) is 59.7 Å². The van der Waals surface area contributed by atoms with E-state index >= 15 is 0 Å². The van der Waals surface area contributed by atoms with Crippen LogP contribution in [0.1, 0.15) is 5.56 Å². The van der Waals surface area contributed by atoms with Crippen molar-refractivity contribution in [3.8, 4) is 0 Å². The lowest BCUT2D eigenvalue weighted by Crippen LogP contribution is -2.16. The fourth-order valence-electron chi connectivity index (χ4n) is 2.08. The topological polar surface area (TPSA) is 15.3 Å². The first-order chi connectivity index (χ1) is 9.13. The standard InChI is InChI=1S/C15H16F2N2/c1-18-10-11-5-3-8-14(17)15(11)19(2)13-7-4-6-12(16)9-13/h3-9,18H,10H2,1-2H3. The Hall–Kier alpha value is -1.94. The van der Waals surface area contributed by atoms with Gasteiger partial charge in [0.05, 0.1) is 5.69 Å². The Morgan fingerprint density at radius 1 is 1.11 bits per heavy atom. The molecule has 2 nitrogen and oxygen atoms in total. The molecule has 0 aliphatic heterocycles. The minimum atomic E-state index is -0.337. The lowest BCUT2D eigenvalue weighted by molar-refractivity contribution is 0.620. The molecular formula is C15H16F2N2. The predicted octanol–water partition coefficient (Wildman–Crippen LogP) is 3.45. The molecule has 0 saturated carbocycles. The Balaban J connectivity index is 2.45. The molecule has 0 heterocycles. The molecule has 0 aromatic heterocycles. The second-order valence-electron chi connectivity index (χ2n) is 4.32. The van der Waals surface area contributed by atoms with Crippen LogP contribution in [-0.2, 0) is 6.54 Å². The van der Waals surface area contributed by atoms with Crippen LogP contribution in [0.4, 0.5) is 20.2 Å². The van der Waals surface area contributed by atoms with Crippen molar-refractivity contribution in [1.82, 2.24) is 5.32 Å². The number of nitrogens with zero attached hydrogens (tertiary/aromatic N) is 1. The average molecular weight is 262 g/mol. The highest BCUT2D eigenvalue weighted by molar-refractivity contribution is 5.66. The summed E-state index contributed by atoms with van der Waals surface area (Å²) in [6.07, 6.45) is 0. The van der Waals surface area contributed by atoms with E-state index in [9.17, 15) is 8.78 Å². The zero-order valence-electron chi connectivity index (χ0n) is 11.0. The van der Waals surface area contributed by atoms with Gasteiger partial charge in [-0.15, -0.1) is 0 Å². The first-order valence-corrected chi connectivity index (χ1v) is 6.04. The number of benzene rings is 2. The Kier molecular flexibility index (Phi) is 4.12. The summed E-state index contributed by atoms with van der Waals surface area (Å²) >= 11 is 0. The predicted molar refractivity (Wildman–Crippen MR) is 73.6 cm³/mol. The summed E-state index contributed by atoms with van der Waals surface area (Å²) < 4.78 is 27.3. The minimum Gasteiger partial charge on any atom is -0.342 e. The molecule has 4 heteroatoms. The zero-order chi connectivity index (χ0) is 13.8. The molecule has 2 aromatic rings. The molecule has 2 aromatic carbocycles. The van der Waals surface area contributed by atoms with Crippen LogP contribution < -0.4 is 10.2 Å². The summed E-state index contributed by atoms with van der Waals surface area (Å²) in [4.78, 5) is 1.66. The first-order valence-electron chi connectivity index (χ1n) is 6.04. The molecule has 100 valence electrons. The molecule has 1 N–H and O–H groups in total. The molecular weight excluding hydrogens is 246 g/mol. The van der Waals surface area contributed by atoms with Gasteiger partial charge in [0.25, 0.3) is 0 Å². The van der Waals surface area contributed by atoms with E-state index in [0.29, 0.717) is 17.9 Å². The van der Waals surface area contributed by atoms with Gasteiger partial charge in [-0.1, -0.05) is 18.2 Å². The highest BCUT2D eigenvalue weighted by atomic mass is 19.1. The third-order valence-corrected chi connectivity index (χ3v) is 2.97. The number of hydrogen-bond donors (Lipinski definition) is 1. The number of hydrogen-bond acceptors (Lipinski definition) is 2. The third kappa shape index (κ3) is 2.90. The number of rotatable bonds is 4. The van der Waals surface area contributed by atoms with Crippen molar-refractivity contribution >= 4 is 11.4 Å². The Morgan fingerprint density at radius 2 is 1.84 bits per heavy atom. The highest BCUT2D eigenvalue weighted by Gasteiger charge is 2.14. The number of nitrogens with one attached hydrogen (secondary N) is 1. The lowest BCUT2D eigenvalue weighted by atomic mass is 10.1. The highest BCUT2D eigenvalue weighted by Crippen LogP contribution is 2.30. The van der Waals surface area contributed by atoms with Gasteiger partial charge < -0.3 is 10.2 Å². The van der Waals surface area contributed by atoms with Crippen LogP contribution in [-0.4, -0.2) is 14.1 Å². The second-order valence-corrected chi connectivity index (χ2v) is 4.32. The fraction of sp³-hybridized carbons (Fsp3) is 0.200. The maximum atomic E-state index is 14.0. The van der Waals surface area contributed by atoms with Gasteiger partial charge in [0.2, 0.25) is 0 Å². The van der Waals surface area contributed by atoms with Crippen LogP contribution in [0.2, 0.25) is 0 Å². The van der Waals surface area contributed by atoms with Crippen LogP contribution in [0.5, 0.6) is 0 Å². The number of anilines is 2. The smallest absolute Gasteiger partial charge is 0.147 e. The molecule has 2 rings (SSSR count). The van der Waals surface area contributed by atoms with E-state index in [0.717, 1.165) is 5.56 Å². The largest absolute Gasteiger partial charge is 0.342 e. The molecule has 0 aliphatic carbocycles. The van der Waals surface area contributed by atoms with Crippen LogP contribution in [0.15, 0.2) is 42.5 Å². The normalized spacial score (nSPS) is 10.5. The molecule has 0 saturated heterocycles. The number of halogens is 2. The molecule has 0 amide bonds. The van der Waals surface area contributed by atoms with E-state index in [2.05, 4.69) is 5.32 Å². The molecule has 0 unspecified atom stereocenters. The van der Waals surface area contributed by atoms with Gasteiger partial charge >= 0.3 is 0 Å². The summed E-state index contributed by atoms with van der Waals surface area (Å²) in [5.74, 6) is -0.657. The molecule has 0 spiro atoms. The summed E-state index contributed by atoms with van der Waals surface area (Å²) in [5, 5.41) is 3.00. The summed E-state index contributed by atoms with van der Waals surface area (Å²) in [5.41, 5.74) is 1.90.